The molecule has 11 rings (SSSR count). The van der Waals surface area contributed by atoms with Crippen molar-refractivity contribution in [3.05, 3.63) is 168 Å². The van der Waals surface area contributed by atoms with Gasteiger partial charge in [-0.25, -0.2) is 0 Å². The maximum absolute atomic E-state index is 2.62. The molecule has 0 spiro atoms. The largest absolute Gasteiger partial charge is 0.0619 e. The van der Waals surface area contributed by atoms with Crippen LogP contribution in [0.4, 0.5) is 0 Å². The molecule has 0 saturated carbocycles. The second kappa shape index (κ2) is 12.5. The molecule has 8 aromatic carbocycles. The number of hydrogen-bond acceptors (Lipinski definition) is 0. The van der Waals surface area contributed by atoms with Crippen LogP contribution in [0.5, 0.6) is 0 Å². The molecule has 0 bridgehead atoms. The summed E-state index contributed by atoms with van der Waals surface area (Å²) in [4.78, 5) is 0. The molecule has 0 amide bonds. The van der Waals surface area contributed by atoms with E-state index in [1.807, 2.05) is 0 Å². The van der Waals surface area contributed by atoms with Crippen LogP contribution in [0.3, 0.4) is 0 Å². The van der Waals surface area contributed by atoms with Gasteiger partial charge < -0.3 is 0 Å². The van der Waals surface area contributed by atoms with Crippen molar-refractivity contribution in [3.8, 4) is 66.8 Å². The monoisotopic (exact) mass is 804 g/mol. The van der Waals surface area contributed by atoms with E-state index in [4.69, 9.17) is 0 Å². The highest BCUT2D eigenvalue weighted by molar-refractivity contribution is 6.27. The highest BCUT2D eigenvalue weighted by Gasteiger charge is 2.59. The summed E-state index contributed by atoms with van der Waals surface area (Å²) >= 11 is 0. The van der Waals surface area contributed by atoms with Crippen LogP contribution in [-0.2, 0) is 10.8 Å². The molecule has 3 aliphatic carbocycles. The minimum atomic E-state index is -0.210. The van der Waals surface area contributed by atoms with E-state index >= 15 is 0 Å². The number of fused-ring (bicyclic) bond motifs is 10. The van der Waals surface area contributed by atoms with Gasteiger partial charge >= 0.3 is 0 Å². The molecule has 0 heterocycles. The molecule has 308 valence electrons. The molecule has 0 fully saturated rings. The minimum absolute atomic E-state index is 0.0521. The molecule has 0 N–H and O–H groups in total. The van der Waals surface area contributed by atoms with Gasteiger partial charge in [-0.3, -0.25) is 0 Å². The molecule has 0 heteroatoms. The first-order valence-corrected chi connectivity index (χ1v) is 22.9. The average molecular weight is 805 g/mol. The summed E-state index contributed by atoms with van der Waals surface area (Å²) in [5.41, 5.74) is 21.3. The van der Waals surface area contributed by atoms with Gasteiger partial charge in [0.2, 0.25) is 0 Å². The predicted octanol–water partition coefficient (Wildman–Crippen LogP) is 17.7. The Hall–Kier alpha value is -5.72. The van der Waals surface area contributed by atoms with Crippen molar-refractivity contribution in [1.29, 1.82) is 0 Å². The van der Waals surface area contributed by atoms with Crippen molar-refractivity contribution in [2.24, 2.45) is 21.7 Å². The van der Waals surface area contributed by atoms with E-state index in [1.54, 1.807) is 0 Å². The lowest BCUT2D eigenvalue weighted by Crippen LogP contribution is -2.49. The summed E-state index contributed by atoms with van der Waals surface area (Å²) in [6.45, 7) is 29.5. The van der Waals surface area contributed by atoms with Crippen molar-refractivity contribution in [2.45, 2.75) is 93.9 Å². The molecular formula is C62H60. The average Bonchev–Trinajstić information content (AvgIpc) is 3.83. The molecule has 62 heavy (non-hydrogen) atoms. The Kier molecular flexibility index (Phi) is 7.87. The summed E-state index contributed by atoms with van der Waals surface area (Å²) in [6.07, 6.45) is 0. The van der Waals surface area contributed by atoms with Crippen molar-refractivity contribution in [3.63, 3.8) is 0 Å². The SMILES string of the molecule is CC(C)(C)C1(C(C)(C)C)c2ccccc2-c2ccc(-c3c4c(c(-c5ccc6c(c5)C(C(C)(C)C)(C(C)(C)C)c5ccccc5-6)c5ccccc35)-c3cccc5cccc-4c35)cc21. The van der Waals surface area contributed by atoms with Crippen LogP contribution in [0.2, 0.25) is 0 Å². The van der Waals surface area contributed by atoms with Gasteiger partial charge in [0.25, 0.3) is 0 Å². The van der Waals surface area contributed by atoms with E-state index in [0.717, 1.165) is 0 Å². The molecule has 0 aliphatic heterocycles. The van der Waals surface area contributed by atoms with E-state index < -0.39 is 0 Å². The molecule has 0 aromatic heterocycles. The lowest BCUT2D eigenvalue weighted by atomic mass is 9.50. The van der Waals surface area contributed by atoms with Gasteiger partial charge in [-0.1, -0.05) is 217 Å². The number of benzene rings is 8. The lowest BCUT2D eigenvalue weighted by Gasteiger charge is -2.53. The van der Waals surface area contributed by atoms with Gasteiger partial charge in [-0.15, -0.1) is 0 Å². The van der Waals surface area contributed by atoms with Gasteiger partial charge in [-0.05, 0) is 144 Å². The molecule has 3 aliphatic rings. The lowest BCUT2D eigenvalue weighted by molar-refractivity contribution is 0.0948. The Balaban J connectivity index is 1.27. The summed E-state index contributed by atoms with van der Waals surface area (Å²) in [6, 6.07) is 56.7. The zero-order valence-electron chi connectivity index (χ0n) is 38.9. The molecule has 8 aromatic rings. The second-order valence-electron chi connectivity index (χ2n) is 22.9. The van der Waals surface area contributed by atoms with Gasteiger partial charge in [0, 0.05) is 10.8 Å². The third-order valence-corrected chi connectivity index (χ3v) is 15.8. The van der Waals surface area contributed by atoms with Crippen LogP contribution in [0.15, 0.2) is 146 Å². The Labute approximate surface area is 370 Å². The van der Waals surface area contributed by atoms with Crippen molar-refractivity contribution in [2.75, 3.05) is 0 Å². The molecule has 0 unspecified atom stereocenters. The fraction of sp³-hybridized carbons (Fsp3) is 0.290. The van der Waals surface area contributed by atoms with Crippen LogP contribution < -0.4 is 0 Å². The smallest absolute Gasteiger partial charge is 0.0311 e. The fourth-order valence-electron chi connectivity index (χ4n) is 14.7. The summed E-state index contributed by atoms with van der Waals surface area (Å²) in [5, 5.41) is 5.27. The van der Waals surface area contributed by atoms with Crippen LogP contribution in [0.1, 0.15) is 105 Å². The molecule has 0 saturated heterocycles. The van der Waals surface area contributed by atoms with E-state index in [9.17, 15) is 0 Å². The predicted molar refractivity (Wildman–Crippen MR) is 267 cm³/mol. The Morgan fingerprint density at radius 2 is 0.629 bits per heavy atom. The van der Waals surface area contributed by atoms with Crippen molar-refractivity contribution < 1.29 is 0 Å². The Morgan fingerprint density at radius 1 is 0.290 bits per heavy atom. The van der Waals surface area contributed by atoms with Gasteiger partial charge in [0.05, 0.1) is 0 Å². The van der Waals surface area contributed by atoms with E-state index in [2.05, 4.69) is 229 Å². The molecule has 0 atom stereocenters. The zero-order chi connectivity index (χ0) is 43.5. The first-order chi connectivity index (χ1) is 29.3. The van der Waals surface area contributed by atoms with E-state index in [-0.39, 0.29) is 32.5 Å². The van der Waals surface area contributed by atoms with Crippen LogP contribution in [-0.4, -0.2) is 0 Å². The maximum Gasteiger partial charge on any atom is 0.0311 e. The highest BCUT2D eigenvalue weighted by atomic mass is 14.6. The maximum atomic E-state index is 2.62. The standard InChI is InChI=1S/C62H60/c1-57(2,3)61(58(4,5)6)48-29-17-15-23-40(48)42-33-31-38(35-50(42)61)53-44-25-13-14-26-45(44)54(56-47-28-20-22-37-21-19-27-46(52(37)47)55(53)56)39-32-34-43-41-24-16-18-30-49(41)62(51(43)36-39,59(7,8)9)60(10,11)12/h13-36H,1-12H3. The Morgan fingerprint density at radius 3 is 1.02 bits per heavy atom. The van der Waals surface area contributed by atoms with Crippen molar-refractivity contribution >= 4 is 21.5 Å². The summed E-state index contributed by atoms with van der Waals surface area (Å²) < 4.78 is 0. The quantitative estimate of drug-likeness (QED) is 0.163. The second-order valence-corrected chi connectivity index (χ2v) is 22.9. The number of rotatable bonds is 2. The van der Waals surface area contributed by atoms with Crippen LogP contribution in [0.25, 0.3) is 88.3 Å². The Bertz CT molecular complexity index is 2970. The highest BCUT2D eigenvalue weighted by Crippen LogP contribution is 2.68. The van der Waals surface area contributed by atoms with E-state index in [1.165, 1.54) is 111 Å². The first kappa shape index (κ1) is 39.1. The van der Waals surface area contributed by atoms with Crippen LogP contribution in [0, 0.1) is 21.7 Å². The van der Waals surface area contributed by atoms with Crippen molar-refractivity contribution in [1.82, 2.24) is 0 Å². The molecular weight excluding hydrogens is 745 g/mol. The molecule has 0 radical (unpaired) electrons. The summed E-state index contributed by atoms with van der Waals surface area (Å²) in [7, 11) is 0. The first-order valence-electron chi connectivity index (χ1n) is 22.9. The fourth-order valence-corrected chi connectivity index (χ4v) is 14.7. The number of hydrogen-bond donors (Lipinski definition) is 0. The van der Waals surface area contributed by atoms with Gasteiger partial charge in [0.1, 0.15) is 0 Å². The zero-order valence-corrected chi connectivity index (χ0v) is 38.9. The third kappa shape index (κ3) is 4.69. The normalized spacial score (nSPS) is 15.7. The molecule has 0 nitrogen and oxygen atoms in total. The topological polar surface area (TPSA) is 0 Å². The minimum Gasteiger partial charge on any atom is -0.0619 e. The van der Waals surface area contributed by atoms with Gasteiger partial charge in [-0.2, -0.15) is 0 Å². The summed E-state index contributed by atoms with van der Waals surface area (Å²) in [5.74, 6) is 0. The van der Waals surface area contributed by atoms with Gasteiger partial charge in [0.15, 0.2) is 0 Å². The van der Waals surface area contributed by atoms with Crippen LogP contribution >= 0.6 is 0 Å². The third-order valence-electron chi connectivity index (χ3n) is 15.8. The van der Waals surface area contributed by atoms with E-state index in [0.29, 0.717) is 0 Å².